The lowest BCUT2D eigenvalue weighted by Crippen LogP contribution is -2.05. The molecule has 0 aliphatic carbocycles. The smallest absolute Gasteiger partial charge is 0.269 e. The molecule has 0 aliphatic heterocycles. The predicted molar refractivity (Wildman–Crippen MR) is 59.8 cm³/mol. The first-order chi connectivity index (χ1) is 7.19. The fourth-order valence-corrected chi connectivity index (χ4v) is 1.63. The molecule has 1 aromatic carbocycles. The Labute approximate surface area is 89.2 Å². The Hall–Kier alpha value is -1.42. The van der Waals surface area contributed by atoms with Gasteiger partial charge >= 0.3 is 0 Å². The van der Waals surface area contributed by atoms with E-state index in [-0.39, 0.29) is 10.6 Å². The van der Waals surface area contributed by atoms with Crippen molar-refractivity contribution in [3.05, 3.63) is 39.4 Å². The second kappa shape index (κ2) is 5.46. The second-order valence-corrected chi connectivity index (χ2v) is 3.50. The van der Waals surface area contributed by atoms with Gasteiger partial charge in [0, 0.05) is 12.1 Å². The monoisotopic (exact) mass is 208 g/mol. The first kappa shape index (κ1) is 11.7. The summed E-state index contributed by atoms with van der Waals surface area (Å²) in [5.41, 5.74) is 7.84. The molecular formula is C11H16N2O2. The fourth-order valence-electron chi connectivity index (χ4n) is 1.63. The summed E-state index contributed by atoms with van der Waals surface area (Å²) in [5, 5.41) is 10.6. The molecule has 0 saturated carbocycles. The highest BCUT2D eigenvalue weighted by molar-refractivity contribution is 5.40. The lowest BCUT2D eigenvalue weighted by atomic mass is 10.00. The first-order valence-electron chi connectivity index (χ1n) is 5.15. The number of rotatable bonds is 5. The van der Waals surface area contributed by atoms with E-state index in [0.717, 1.165) is 30.4 Å². The van der Waals surface area contributed by atoms with Gasteiger partial charge in [-0.1, -0.05) is 19.4 Å². The van der Waals surface area contributed by atoms with Gasteiger partial charge in [0.25, 0.3) is 5.69 Å². The number of nitro groups is 1. The highest BCUT2D eigenvalue weighted by atomic mass is 16.6. The van der Waals surface area contributed by atoms with Gasteiger partial charge in [0.05, 0.1) is 4.92 Å². The quantitative estimate of drug-likeness (QED) is 0.594. The van der Waals surface area contributed by atoms with Crippen LogP contribution in [0.2, 0.25) is 0 Å². The minimum Gasteiger partial charge on any atom is -0.330 e. The summed E-state index contributed by atoms with van der Waals surface area (Å²) < 4.78 is 0. The van der Waals surface area contributed by atoms with Crippen molar-refractivity contribution < 1.29 is 4.92 Å². The van der Waals surface area contributed by atoms with Crippen LogP contribution in [0, 0.1) is 10.1 Å². The van der Waals surface area contributed by atoms with Crippen LogP contribution in [0.3, 0.4) is 0 Å². The van der Waals surface area contributed by atoms with Gasteiger partial charge in [-0.2, -0.15) is 0 Å². The fraction of sp³-hybridized carbons (Fsp3) is 0.455. The number of hydrogen-bond donors (Lipinski definition) is 1. The molecule has 15 heavy (non-hydrogen) atoms. The van der Waals surface area contributed by atoms with Crippen LogP contribution in [0.15, 0.2) is 18.2 Å². The average molecular weight is 208 g/mol. The van der Waals surface area contributed by atoms with E-state index in [0.29, 0.717) is 6.54 Å². The standard InChI is InChI=1S/C11H16N2O2/c1-2-3-10-8-11(13(14)15)5-4-9(10)6-7-12/h4-5,8H,2-3,6-7,12H2,1H3. The maximum Gasteiger partial charge on any atom is 0.269 e. The minimum atomic E-state index is -0.356. The van der Waals surface area contributed by atoms with Gasteiger partial charge in [-0.25, -0.2) is 0 Å². The molecule has 0 aromatic heterocycles. The Kier molecular flexibility index (Phi) is 4.24. The van der Waals surface area contributed by atoms with Crippen molar-refractivity contribution in [2.45, 2.75) is 26.2 Å². The topological polar surface area (TPSA) is 69.2 Å². The molecule has 0 bridgehead atoms. The summed E-state index contributed by atoms with van der Waals surface area (Å²) in [6.45, 7) is 2.64. The SMILES string of the molecule is CCCc1cc([N+](=O)[O-])ccc1CCN. The van der Waals surface area contributed by atoms with E-state index >= 15 is 0 Å². The maximum atomic E-state index is 10.6. The highest BCUT2D eigenvalue weighted by Gasteiger charge is 2.09. The molecule has 0 radical (unpaired) electrons. The molecule has 1 rings (SSSR count). The Bertz CT molecular complexity index is 350. The molecule has 0 amide bonds. The van der Waals surface area contributed by atoms with Crippen molar-refractivity contribution in [2.75, 3.05) is 6.54 Å². The van der Waals surface area contributed by atoms with Crippen molar-refractivity contribution >= 4 is 5.69 Å². The molecule has 4 nitrogen and oxygen atoms in total. The summed E-state index contributed by atoms with van der Waals surface area (Å²) in [7, 11) is 0. The van der Waals surface area contributed by atoms with Crippen LogP contribution < -0.4 is 5.73 Å². The first-order valence-corrected chi connectivity index (χ1v) is 5.15. The zero-order valence-corrected chi connectivity index (χ0v) is 8.90. The third kappa shape index (κ3) is 3.02. The lowest BCUT2D eigenvalue weighted by Gasteiger charge is -2.07. The summed E-state index contributed by atoms with van der Waals surface area (Å²) >= 11 is 0. The van der Waals surface area contributed by atoms with Crippen LogP contribution in [0.1, 0.15) is 24.5 Å². The van der Waals surface area contributed by atoms with Crippen LogP contribution >= 0.6 is 0 Å². The molecule has 0 spiro atoms. The third-order valence-corrected chi connectivity index (χ3v) is 2.33. The van der Waals surface area contributed by atoms with Gasteiger partial charge in [-0.05, 0) is 30.5 Å². The maximum absolute atomic E-state index is 10.6. The van der Waals surface area contributed by atoms with Gasteiger partial charge in [-0.15, -0.1) is 0 Å². The van der Waals surface area contributed by atoms with E-state index in [1.165, 1.54) is 0 Å². The third-order valence-electron chi connectivity index (χ3n) is 2.33. The number of nitro benzene ring substituents is 1. The van der Waals surface area contributed by atoms with Crippen molar-refractivity contribution in [1.82, 2.24) is 0 Å². The van der Waals surface area contributed by atoms with Gasteiger partial charge < -0.3 is 5.73 Å². The molecule has 0 atom stereocenters. The van der Waals surface area contributed by atoms with Crippen LogP contribution in [-0.4, -0.2) is 11.5 Å². The summed E-state index contributed by atoms with van der Waals surface area (Å²) in [5.74, 6) is 0. The minimum absolute atomic E-state index is 0.166. The Balaban J connectivity index is 3.02. The van der Waals surface area contributed by atoms with Gasteiger partial charge in [-0.3, -0.25) is 10.1 Å². The molecule has 0 fully saturated rings. The largest absolute Gasteiger partial charge is 0.330 e. The van der Waals surface area contributed by atoms with Gasteiger partial charge in [0.15, 0.2) is 0 Å². The Morgan fingerprint density at radius 2 is 2.07 bits per heavy atom. The van der Waals surface area contributed by atoms with Crippen LogP contribution in [0.4, 0.5) is 5.69 Å². The lowest BCUT2D eigenvalue weighted by molar-refractivity contribution is -0.384. The Morgan fingerprint density at radius 1 is 1.33 bits per heavy atom. The van der Waals surface area contributed by atoms with E-state index in [1.807, 2.05) is 6.07 Å². The van der Waals surface area contributed by atoms with Gasteiger partial charge in [0.2, 0.25) is 0 Å². The van der Waals surface area contributed by atoms with E-state index < -0.39 is 0 Å². The predicted octanol–water partition coefficient (Wildman–Crippen LogP) is 2.05. The van der Waals surface area contributed by atoms with Crippen LogP contribution in [0.5, 0.6) is 0 Å². The number of non-ortho nitro benzene ring substituents is 1. The zero-order chi connectivity index (χ0) is 11.3. The summed E-state index contributed by atoms with van der Waals surface area (Å²) in [6.07, 6.45) is 2.64. The molecule has 0 saturated heterocycles. The normalized spacial score (nSPS) is 10.3. The van der Waals surface area contributed by atoms with E-state index in [1.54, 1.807) is 12.1 Å². The number of aryl methyl sites for hydroxylation is 1. The number of nitrogens with zero attached hydrogens (tertiary/aromatic N) is 1. The molecule has 4 heteroatoms. The van der Waals surface area contributed by atoms with Crippen molar-refractivity contribution in [3.8, 4) is 0 Å². The molecule has 2 N–H and O–H groups in total. The molecular weight excluding hydrogens is 192 g/mol. The highest BCUT2D eigenvalue weighted by Crippen LogP contribution is 2.19. The zero-order valence-electron chi connectivity index (χ0n) is 8.90. The van der Waals surface area contributed by atoms with E-state index in [2.05, 4.69) is 6.92 Å². The molecule has 0 unspecified atom stereocenters. The number of nitrogens with two attached hydrogens (primary N) is 1. The van der Waals surface area contributed by atoms with Crippen molar-refractivity contribution in [1.29, 1.82) is 0 Å². The number of benzene rings is 1. The molecule has 0 aliphatic rings. The number of hydrogen-bond acceptors (Lipinski definition) is 3. The summed E-state index contributed by atoms with van der Waals surface area (Å²) in [4.78, 5) is 10.3. The van der Waals surface area contributed by atoms with Crippen LogP contribution in [-0.2, 0) is 12.8 Å². The average Bonchev–Trinajstić information content (AvgIpc) is 2.21. The van der Waals surface area contributed by atoms with E-state index in [4.69, 9.17) is 5.73 Å². The Morgan fingerprint density at radius 3 is 2.60 bits per heavy atom. The second-order valence-electron chi connectivity index (χ2n) is 3.50. The van der Waals surface area contributed by atoms with Crippen molar-refractivity contribution in [2.24, 2.45) is 5.73 Å². The molecule has 0 heterocycles. The molecule has 82 valence electrons. The van der Waals surface area contributed by atoms with E-state index in [9.17, 15) is 10.1 Å². The van der Waals surface area contributed by atoms with Crippen LogP contribution in [0.25, 0.3) is 0 Å². The summed E-state index contributed by atoms with van der Waals surface area (Å²) in [6, 6.07) is 5.02. The van der Waals surface area contributed by atoms with Gasteiger partial charge in [0.1, 0.15) is 0 Å². The van der Waals surface area contributed by atoms with Crippen molar-refractivity contribution in [3.63, 3.8) is 0 Å². The molecule has 1 aromatic rings.